The molecule has 0 bridgehead atoms. The Kier molecular flexibility index (Phi) is 5.32. The highest BCUT2D eigenvalue weighted by Gasteiger charge is 2.13. The van der Waals surface area contributed by atoms with Crippen molar-refractivity contribution in [1.82, 2.24) is 5.32 Å². The van der Waals surface area contributed by atoms with Crippen molar-refractivity contribution in [3.05, 3.63) is 51.2 Å². The summed E-state index contributed by atoms with van der Waals surface area (Å²) >= 11 is 6.05. The van der Waals surface area contributed by atoms with Crippen molar-refractivity contribution in [2.24, 2.45) is 0 Å². The monoisotopic (exact) mass is 310 g/mol. The Morgan fingerprint density at radius 3 is 2.81 bits per heavy atom. The molecule has 2 N–H and O–H groups in total. The van der Waals surface area contributed by atoms with Gasteiger partial charge in [0.25, 0.3) is 5.69 Å². The average Bonchev–Trinajstić information content (AvgIpc) is 2.92. The van der Waals surface area contributed by atoms with Gasteiger partial charge in [-0.05, 0) is 31.2 Å². The minimum absolute atomic E-state index is 0.0544. The van der Waals surface area contributed by atoms with Crippen LogP contribution in [0.3, 0.4) is 0 Å². The van der Waals surface area contributed by atoms with E-state index in [1.165, 1.54) is 12.1 Å². The molecule has 6 nitrogen and oxygen atoms in total. The van der Waals surface area contributed by atoms with E-state index in [9.17, 15) is 10.1 Å². The van der Waals surface area contributed by atoms with Gasteiger partial charge in [0.2, 0.25) is 0 Å². The van der Waals surface area contributed by atoms with Crippen molar-refractivity contribution in [3.8, 4) is 11.3 Å². The lowest BCUT2D eigenvalue weighted by molar-refractivity contribution is -0.384. The molecular weight excluding hydrogens is 296 g/mol. The number of nitro benzene ring substituents is 1. The third-order valence-electron chi connectivity index (χ3n) is 2.90. The lowest BCUT2D eigenvalue weighted by Gasteiger charge is -2.02. The maximum absolute atomic E-state index is 10.7. The highest BCUT2D eigenvalue weighted by atomic mass is 35.5. The summed E-state index contributed by atoms with van der Waals surface area (Å²) in [5.41, 5.74) is 0.560. The quantitative estimate of drug-likeness (QED) is 0.466. The lowest BCUT2D eigenvalue weighted by Crippen LogP contribution is -2.15. The maximum atomic E-state index is 10.7. The summed E-state index contributed by atoms with van der Waals surface area (Å²) in [6, 6.07) is 7.86. The van der Waals surface area contributed by atoms with Crippen LogP contribution in [0.4, 0.5) is 5.69 Å². The second kappa shape index (κ2) is 7.21. The second-order valence-electron chi connectivity index (χ2n) is 4.44. The molecule has 0 radical (unpaired) electrons. The fraction of sp³-hybridized carbons (Fsp3) is 0.286. The van der Waals surface area contributed by atoms with Gasteiger partial charge in [0, 0.05) is 24.3 Å². The number of hydrogen-bond donors (Lipinski definition) is 2. The smallest absolute Gasteiger partial charge is 0.270 e. The van der Waals surface area contributed by atoms with Crippen molar-refractivity contribution in [3.63, 3.8) is 0 Å². The Bertz CT molecular complexity index is 627. The predicted molar refractivity (Wildman–Crippen MR) is 79.2 cm³/mol. The van der Waals surface area contributed by atoms with E-state index in [-0.39, 0.29) is 17.3 Å². The molecular formula is C14H15ClN2O4. The normalized spacial score (nSPS) is 10.8. The van der Waals surface area contributed by atoms with E-state index < -0.39 is 4.92 Å². The molecule has 0 saturated heterocycles. The van der Waals surface area contributed by atoms with Crippen LogP contribution in [0.15, 0.2) is 34.7 Å². The summed E-state index contributed by atoms with van der Waals surface area (Å²) in [6.07, 6.45) is 0.682. The maximum Gasteiger partial charge on any atom is 0.270 e. The second-order valence-corrected chi connectivity index (χ2v) is 4.85. The number of rotatable bonds is 7. The number of nitrogens with zero attached hydrogens (tertiary/aromatic N) is 1. The van der Waals surface area contributed by atoms with Gasteiger partial charge in [-0.25, -0.2) is 0 Å². The fourth-order valence-electron chi connectivity index (χ4n) is 1.85. The molecule has 0 unspecified atom stereocenters. The van der Waals surface area contributed by atoms with Crippen molar-refractivity contribution in [2.75, 3.05) is 13.2 Å². The minimum atomic E-state index is -0.492. The van der Waals surface area contributed by atoms with Crippen LogP contribution in [0, 0.1) is 10.1 Å². The number of furan rings is 1. The number of benzene rings is 1. The van der Waals surface area contributed by atoms with Gasteiger partial charge in [0.15, 0.2) is 0 Å². The minimum Gasteiger partial charge on any atom is -0.460 e. The Morgan fingerprint density at radius 1 is 1.33 bits per heavy atom. The van der Waals surface area contributed by atoms with E-state index >= 15 is 0 Å². The van der Waals surface area contributed by atoms with Gasteiger partial charge < -0.3 is 14.8 Å². The van der Waals surface area contributed by atoms with Crippen LogP contribution in [-0.2, 0) is 6.54 Å². The van der Waals surface area contributed by atoms with Gasteiger partial charge in [0.1, 0.15) is 11.5 Å². The number of nitro groups is 1. The number of hydrogen-bond acceptors (Lipinski definition) is 5. The van der Waals surface area contributed by atoms with Gasteiger partial charge in [-0.3, -0.25) is 10.1 Å². The molecule has 2 aromatic rings. The zero-order chi connectivity index (χ0) is 15.2. The molecule has 0 saturated carbocycles. The highest BCUT2D eigenvalue weighted by Crippen LogP contribution is 2.32. The summed E-state index contributed by atoms with van der Waals surface area (Å²) < 4.78 is 5.65. The summed E-state index contributed by atoms with van der Waals surface area (Å²) in [5.74, 6) is 1.30. The molecule has 0 amide bonds. The summed E-state index contributed by atoms with van der Waals surface area (Å²) in [7, 11) is 0. The van der Waals surface area contributed by atoms with E-state index in [1.54, 1.807) is 12.1 Å². The lowest BCUT2D eigenvalue weighted by atomic mass is 10.1. The Balaban J connectivity index is 2.08. The molecule has 1 aromatic carbocycles. The molecule has 0 aliphatic carbocycles. The Morgan fingerprint density at radius 2 is 2.14 bits per heavy atom. The molecule has 112 valence electrons. The van der Waals surface area contributed by atoms with Crippen LogP contribution in [0.1, 0.15) is 12.2 Å². The van der Waals surface area contributed by atoms with Gasteiger partial charge in [0.05, 0.1) is 16.5 Å². The zero-order valence-electron chi connectivity index (χ0n) is 11.2. The van der Waals surface area contributed by atoms with E-state index in [0.29, 0.717) is 30.8 Å². The van der Waals surface area contributed by atoms with Crippen molar-refractivity contribution < 1.29 is 14.4 Å². The van der Waals surface area contributed by atoms with E-state index in [4.69, 9.17) is 21.1 Å². The first-order chi connectivity index (χ1) is 10.1. The van der Waals surface area contributed by atoms with Gasteiger partial charge in [-0.15, -0.1) is 0 Å². The Hall–Kier alpha value is -1.89. The molecule has 0 fully saturated rings. The molecule has 21 heavy (non-hydrogen) atoms. The van der Waals surface area contributed by atoms with E-state index in [2.05, 4.69) is 5.32 Å². The highest BCUT2D eigenvalue weighted by molar-refractivity contribution is 6.33. The van der Waals surface area contributed by atoms with Crippen LogP contribution >= 0.6 is 11.6 Å². The molecule has 0 spiro atoms. The molecule has 7 heteroatoms. The summed E-state index contributed by atoms with van der Waals surface area (Å²) in [4.78, 5) is 10.2. The third kappa shape index (κ3) is 4.04. The zero-order valence-corrected chi connectivity index (χ0v) is 12.0. The van der Waals surface area contributed by atoms with Crippen LogP contribution in [0.5, 0.6) is 0 Å². The molecule has 1 heterocycles. The molecule has 1 aromatic heterocycles. The topological polar surface area (TPSA) is 88.5 Å². The van der Waals surface area contributed by atoms with E-state index in [0.717, 1.165) is 5.76 Å². The van der Waals surface area contributed by atoms with Crippen molar-refractivity contribution in [1.29, 1.82) is 0 Å². The van der Waals surface area contributed by atoms with Crippen molar-refractivity contribution in [2.45, 2.75) is 13.0 Å². The average molecular weight is 311 g/mol. The first-order valence-corrected chi connectivity index (χ1v) is 6.84. The summed E-state index contributed by atoms with van der Waals surface area (Å²) in [5, 5.41) is 22.8. The first kappa shape index (κ1) is 15.5. The van der Waals surface area contributed by atoms with Crippen LogP contribution in [0.2, 0.25) is 5.02 Å². The standard InChI is InChI=1S/C14H15ClN2O4/c15-13-8-10(17(19)20)2-4-12(13)14-5-3-11(21-14)9-16-6-1-7-18/h2-5,8,16,18H,1,6-7,9H2. The van der Waals surface area contributed by atoms with Gasteiger partial charge in [-0.2, -0.15) is 0 Å². The number of aliphatic hydroxyl groups is 1. The van der Waals surface area contributed by atoms with Crippen LogP contribution < -0.4 is 5.32 Å². The predicted octanol–water partition coefficient (Wildman–Crippen LogP) is 2.98. The van der Waals surface area contributed by atoms with Crippen LogP contribution in [-0.4, -0.2) is 23.2 Å². The number of non-ortho nitro benzene ring substituents is 1. The molecule has 0 atom stereocenters. The number of aliphatic hydroxyl groups excluding tert-OH is 1. The summed E-state index contributed by atoms with van der Waals surface area (Å²) in [6.45, 7) is 1.39. The molecule has 2 rings (SSSR count). The molecule has 0 aliphatic heterocycles. The van der Waals surface area contributed by atoms with E-state index in [1.807, 2.05) is 6.07 Å². The fourth-order valence-corrected chi connectivity index (χ4v) is 2.12. The van der Waals surface area contributed by atoms with Crippen LogP contribution in [0.25, 0.3) is 11.3 Å². The first-order valence-electron chi connectivity index (χ1n) is 6.46. The Labute approximate surface area is 126 Å². The van der Waals surface area contributed by atoms with Gasteiger partial charge in [-0.1, -0.05) is 11.6 Å². The number of nitrogens with one attached hydrogen (secondary N) is 1. The number of halogens is 1. The van der Waals surface area contributed by atoms with Crippen molar-refractivity contribution >= 4 is 17.3 Å². The largest absolute Gasteiger partial charge is 0.460 e. The molecule has 0 aliphatic rings. The SMILES string of the molecule is O=[N+]([O-])c1ccc(-c2ccc(CNCCCO)o2)c(Cl)c1. The van der Waals surface area contributed by atoms with Gasteiger partial charge >= 0.3 is 0 Å². The third-order valence-corrected chi connectivity index (χ3v) is 3.21.